The van der Waals surface area contributed by atoms with Crippen molar-refractivity contribution in [3.05, 3.63) is 59.2 Å². The molecule has 2 aliphatic carbocycles. The summed E-state index contributed by atoms with van der Waals surface area (Å²) < 4.78 is 40.1. The average Bonchev–Trinajstić information content (AvgIpc) is 3.37. The summed E-state index contributed by atoms with van der Waals surface area (Å²) in [6.45, 7) is 0. The van der Waals surface area contributed by atoms with Crippen LogP contribution in [0.5, 0.6) is 0 Å². The van der Waals surface area contributed by atoms with Crippen LogP contribution in [-0.4, -0.2) is 11.2 Å². The topological polar surface area (TPSA) is 49.3 Å². The van der Waals surface area contributed by atoms with E-state index in [1.54, 1.807) is 18.2 Å². The van der Waals surface area contributed by atoms with Crippen molar-refractivity contribution in [2.24, 2.45) is 5.41 Å². The van der Waals surface area contributed by atoms with Crippen LogP contribution >= 0.6 is 0 Å². The molecule has 2 N–H and O–H groups in total. The highest BCUT2D eigenvalue weighted by atomic mass is 19.4. The Balaban J connectivity index is 1.82. The second kappa shape index (κ2) is 5.76. The van der Waals surface area contributed by atoms with E-state index in [0.717, 1.165) is 42.9 Å². The van der Waals surface area contributed by atoms with E-state index in [-0.39, 0.29) is 17.0 Å². The molecule has 0 saturated heterocycles. The number of aryl methyl sites for hydroxylation is 1. The average molecular weight is 361 g/mol. The summed E-state index contributed by atoms with van der Waals surface area (Å²) >= 11 is 0. The number of amides is 1. The molecule has 1 amide bonds. The predicted octanol–water partition coefficient (Wildman–Crippen LogP) is 5.41. The van der Waals surface area contributed by atoms with Crippen molar-refractivity contribution in [2.45, 2.75) is 37.9 Å². The molecule has 0 radical (unpaired) electrons. The van der Waals surface area contributed by atoms with Gasteiger partial charge in [0.15, 0.2) is 0 Å². The molecule has 0 aromatic heterocycles. The van der Waals surface area contributed by atoms with E-state index in [2.05, 4.69) is 5.32 Å². The van der Waals surface area contributed by atoms with Crippen LogP contribution < -0.4 is 5.32 Å². The Morgan fingerprint density at radius 2 is 1.85 bits per heavy atom. The van der Waals surface area contributed by atoms with Gasteiger partial charge >= 0.3 is 12.3 Å². The van der Waals surface area contributed by atoms with Gasteiger partial charge in [0.2, 0.25) is 0 Å². The highest BCUT2D eigenvalue weighted by Crippen LogP contribution is 2.61. The third kappa shape index (κ3) is 2.83. The maximum atomic E-state index is 13.4. The molecule has 1 spiro atoms. The maximum absolute atomic E-state index is 13.4. The quantitative estimate of drug-likeness (QED) is 0.752. The molecular weight excluding hydrogens is 343 g/mol. The van der Waals surface area contributed by atoms with E-state index < -0.39 is 17.8 Å². The van der Waals surface area contributed by atoms with Gasteiger partial charge in [0.05, 0.1) is 11.6 Å². The summed E-state index contributed by atoms with van der Waals surface area (Å²) in [5.41, 5.74) is 1.65. The van der Waals surface area contributed by atoms with Crippen LogP contribution in [0.15, 0.2) is 42.5 Å². The zero-order valence-electron chi connectivity index (χ0n) is 13.9. The zero-order valence-corrected chi connectivity index (χ0v) is 13.9. The fraction of sp³-hybridized carbons (Fsp3) is 0.350. The van der Waals surface area contributed by atoms with Gasteiger partial charge in [-0.2, -0.15) is 13.2 Å². The fourth-order valence-electron chi connectivity index (χ4n) is 4.15. The lowest BCUT2D eigenvalue weighted by molar-refractivity contribution is -0.137. The van der Waals surface area contributed by atoms with E-state index in [1.165, 1.54) is 12.1 Å². The molecule has 2 aliphatic rings. The molecular formula is C20H18F3NO2. The van der Waals surface area contributed by atoms with Crippen molar-refractivity contribution in [3.63, 3.8) is 0 Å². The first-order valence-electron chi connectivity index (χ1n) is 8.59. The number of benzene rings is 2. The lowest BCUT2D eigenvalue weighted by atomic mass is 9.76. The number of nitrogens with one attached hydrogen (secondary N) is 1. The standard InChI is InChI=1S/C20H18F3NO2/c21-20(22,23)16-4-2-1-3-14(16)13-6-5-12-7-8-19(9-10-19)17(15(12)11-13)24-18(25)26/h1-6,11,17,24H,7-10H2,(H,25,26). The third-order valence-corrected chi connectivity index (χ3v) is 5.66. The molecule has 0 bridgehead atoms. The van der Waals surface area contributed by atoms with Gasteiger partial charge in [-0.3, -0.25) is 0 Å². The molecule has 1 unspecified atom stereocenters. The molecule has 1 atom stereocenters. The zero-order chi connectivity index (χ0) is 18.5. The van der Waals surface area contributed by atoms with Crippen molar-refractivity contribution in [3.8, 4) is 11.1 Å². The fourth-order valence-corrected chi connectivity index (χ4v) is 4.15. The molecule has 2 aromatic rings. The first kappa shape index (κ1) is 16.9. The van der Waals surface area contributed by atoms with Gasteiger partial charge in [0.25, 0.3) is 0 Å². The summed E-state index contributed by atoms with van der Waals surface area (Å²) in [4.78, 5) is 11.3. The van der Waals surface area contributed by atoms with E-state index in [0.29, 0.717) is 5.56 Å². The van der Waals surface area contributed by atoms with Crippen molar-refractivity contribution >= 4 is 6.09 Å². The number of alkyl halides is 3. The van der Waals surface area contributed by atoms with E-state index >= 15 is 0 Å². The van der Waals surface area contributed by atoms with E-state index in [1.807, 2.05) is 6.07 Å². The van der Waals surface area contributed by atoms with Gasteiger partial charge in [-0.15, -0.1) is 0 Å². The Hall–Kier alpha value is -2.50. The lowest BCUT2D eigenvalue weighted by Crippen LogP contribution is -2.36. The van der Waals surface area contributed by atoms with E-state index in [4.69, 9.17) is 0 Å². The molecule has 1 fully saturated rings. The van der Waals surface area contributed by atoms with Gasteiger partial charge < -0.3 is 10.4 Å². The van der Waals surface area contributed by atoms with Crippen LogP contribution in [0.1, 0.15) is 42.0 Å². The molecule has 6 heteroatoms. The van der Waals surface area contributed by atoms with Gasteiger partial charge in [0.1, 0.15) is 0 Å². The molecule has 136 valence electrons. The number of hydrogen-bond acceptors (Lipinski definition) is 1. The monoisotopic (exact) mass is 361 g/mol. The van der Waals surface area contributed by atoms with Gasteiger partial charge in [0, 0.05) is 0 Å². The first-order valence-corrected chi connectivity index (χ1v) is 8.59. The summed E-state index contributed by atoms with van der Waals surface area (Å²) in [5, 5.41) is 11.8. The van der Waals surface area contributed by atoms with Gasteiger partial charge in [-0.25, -0.2) is 4.79 Å². The number of hydrogen-bond donors (Lipinski definition) is 2. The molecule has 4 rings (SSSR count). The van der Waals surface area contributed by atoms with Crippen LogP contribution in [0.25, 0.3) is 11.1 Å². The normalized spacial score (nSPS) is 20.5. The minimum atomic E-state index is -4.44. The number of fused-ring (bicyclic) bond motifs is 1. The second-order valence-electron chi connectivity index (χ2n) is 7.20. The van der Waals surface area contributed by atoms with Crippen LogP contribution in [0.4, 0.5) is 18.0 Å². The molecule has 2 aromatic carbocycles. The van der Waals surface area contributed by atoms with Crippen molar-refractivity contribution in [2.75, 3.05) is 0 Å². The SMILES string of the molecule is O=C(O)NC1c2cc(-c3ccccc3C(F)(F)F)ccc2CCC12CC2. The number of carboxylic acid groups (broad SMARTS) is 1. The highest BCUT2D eigenvalue weighted by molar-refractivity contribution is 5.71. The number of rotatable bonds is 2. The number of halogens is 3. The van der Waals surface area contributed by atoms with Crippen LogP contribution in [0.3, 0.4) is 0 Å². The van der Waals surface area contributed by atoms with Crippen molar-refractivity contribution in [1.29, 1.82) is 0 Å². The summed E-state index contributed by atoms with van der Waals surface area (Å²) in [7, 11) is 0. The minimum absolute atomic E-state index is 0.0758. The Morgan fingerprint density at radius 3 is 2.50 bits per heavy atom. The Morgan fingerprint density at radius 1 is 1.12 bits per heavy atom. The molecule has 0 aliphatic heterocycles. The molecule has 1 saturated carbocycles. The van der Waals surface area contributed by atoms with Crippen molar-refractivity contribution < 1.29 is 23.1 Å². The smallest absolute Gasteiger partial charge is 0.417 e. The van der Waals surface area contributed by atoms with Gasteiger partial charge in [-0.1, -0.05) is 30.3 Å². The minimum Gasteiger partial charge on any atom is -0.465 e. The largest absolute Gasteiger partial charge is 0.465 e. The Labute approximate surface area is 148 Å². The summed E-state index contributed by atoms with van der Waals surface area (Å²) in [6, 6.07) is 10.4. The molecule has 0 heterocycles. The third-order valence-electron chi connectivity index (χ3n) is 5.66. The Kier molecular flexibility index (Phi) is 3.75. The van der Waals surface area contributed by atoms with E-state index in [9.17, 15) is 23.1 Å². The lowest BCUT2D eigenvalue weighted by Gasteiger charge is -2.34. The first-order chi connectivity index (χ1) is 12.3. The van der Waals surface area contributed by atoms with Crippen LogP contribution in [0, 0.1) is 5.41 Å². The molecule has 26 heavy (non-hydrogen) atoms. The summed E-state index contributed by atoms with van der Waals surface area (Å²) in [5.74, 6) is 0. The second-order valence-corrected chi connectivity index (χ2v) is 7.20. The molecule has 3 nitrogen and oxygen atoms in total. The maximum Gasteiger partial charge on any atom is 0.417 e. The van der Waals surface area contributed by atoms with Crippen molar-refractivity contribution in [1.82, 2.24) is 5.32 Å². The predicted molar refractivity (Wildman–Crippen MR) is 90.8 cm³/mol. The Bertz CT molecular complexity index is 872. The van der Waals surface area contributed by atoms with Gasteiger partial charge in [-0.05, 0) is 65.5 Å². The van der Waals surface area contributed by atoms with Crippen LogP contribution in [-0.2, 0) is 12.6 Å². The summed E-state index contributed by atoms with van der Waals surface area (Å²) in [6.07, 6.45) is -1.92. The van der Waals surface area contributed by atoms with Crippen LogP contribution in [0.2, 0.25) is 0 Å². The highest BCUT2D eigenvalue weighted by Gasteiger charge is 2.52. The number of carbonyl (C=O) groups is 1.